The molecule has 0 aromatic carbocycles. The highest BCUT2D eigenvalue weighted by Crippen LogP contribution is 2.42. The van der Waals surface area contributed by atoms with E-state index in [9.17, 15) is 0 Å². The van der Waals surface area contributed by atoms with Gasteiger partial charge in [-0.25, -0.2) is 20.0 Å². The fourth-order valence-electron chi connectivity index (χ4n) is 0.641. The molecule has 1 heterocycles. The molecule has 0 saturated carbocycles. The fourth-order valence-corrected chi connectivity index (χ4v) is 1.47. The Kier molecular flexibility index (Phi) is 1.94. The first-order valence-electron chi connectivity index (χ1n) is 3.05. The van der Waals surface area contributed by atoms with Crippen LogP contribution in [0, 0.1) is 0 Å². The average Bonchev–Trinajstić information content (AvgIpc) is 1.88. The SMILES string of the molecule is CS(C)(C)c1ccncn1. The summed E-state index contributed by atoms with van der Waals surface area (Å²) in [6.07, 6.45) is 10.0. The lowest BCUT2D eigenvalue weighted by molar-refractivity contribution is 1.04. The molecular formula is C7H12N2S. The van der Waals surface area contributed by atoms with E-state index >= 15 is 0 Å². The molecule has 0 aliphatic heterocycles. The minimum atomic E-state index is -0.654. The van der Waals surface area contributed by atoms with Gasteiger partial charge in [0.15, 0.2) is 0 Å². The summed E-state index contributed by atoms with van der Waals surface area (Å²) in [6, 6.07) is 1.98. The van der Waals surface area contributed by atoms with Crippen LogP contribution in [0.5, 0.6) is 0 Å². The summed E-state index contributed by atoms with van der Waals surface area (Å²) >= 11 is 0. The van der Waals surface area contributed by atoms with Crippen LogP contribution in [0.25, 0.3) is 0 Å². The van der Waals surface area contributed by atoms with Gasteiger partial charge < -0.3 is 0 Å². The van der Waals surface area contributed by atoms with E-state index in [4.69, 9.17) is 0 Å². The smallest absolute Gasteiger partial charge is 0.116 e. The number of rotatable bonds is 1. The highest BCUT2D eigenvalue weighted by atomic mass is 32.3. The summed E-state index contributed by atoms with van der Waals surface area (Å²) in [7, 11) is -0.654. The molecule has 0 aliphatic carbocycles. The predicted octanol–water partition coefficient (Wildman–Crippen LogP) is 1.53. The normalized spacial score (nSPS) is 13.1. The molecule has 1 rings (SSSR count). The van der Waals surface area contributed by atoms with Crippen LogP contribution < -0.4 is 0 Å². The third kappa shape index (κ3) is 1.70. The summed E-state index contributed by atoms with van der Waals surface area (Å²) in [5.41, 5.74) is 0. The molecule has 0 fully saturated rings. The second-order valence-corrected chi connectivity index (χ2v) is 6.98. The van der Waals surface area contributed by atoms with Crippen molar-refractivity contribution in [3.05, 3.63) is 18.6 Å². The second kappa shape index (κ2) is 2.58. The number of hydrogen-bond donors (Lipinski definition) is 0. The van der Waals surface area contributed by atoms with E-state index in [1.807, 2.05) is 6.07 Å². The van der Waals surface area contributed by atoms with Gasteiger partial charge in [-0.15, -0.1) is 0 Å². The minimum Gasteiger partial charge on any atom is -0.245 e. The monoisotopic (exact) mass is 156 g/mol. The number of hydrogen-bond acceptors (Lipinski definition) is 2. The lowest BCUT2D eigenvalue weighted by Crippen LogP contribution is -1.95. The first kappa shape index (κ1) is 7.54. The summed E-state index contributed by atoms with van der Waals surface area (Å²) in [6.45, 7) is 0. The van der Waals surface area contributed by atoms with E-state index in [0.717, 1.165) is 0 Å². The molecule has 0 spiro atoms. The molecule has 0 unspecified atom stereocenters. The van der Waals surface area contributed by atoms with Crippen molar-refractivity contribution in [3.63, 3.8) is 0 Å². The van der Waals surface area contributed by atoms with Gasteiger partial charge in [-0.2, -0.15) is 0 Å². The molecule has 56 valence electrons. The van der Waals surface area contributed by atoms with Gasteiger partial charge >= 0.3 is 0 Å². The zero-order chi connectivity index (χ0) is 7.61. The number of aromatic nitrogens is 2. The zero-order valence-corrected chi connectivity index (χ0v) is 7.35. The quantitative estimate of drug-likeness (QED) is 0.576. The minimum absolute atomic E-state index is 0.654. The standard InChI is InChI=1S/C7H12N2S/c1-10(2,3)7-4-5-8-6-9-7/h4-6H,1-3H3. The summed E-state index contributed by atoms with van der Waals surface area (Å²) in [5, 5.41) is 1.17. The number of nitrogens with zero attached hydrogens (tertiary/aromatic N) is 2. The van der Waals surface area contributed by atoms with Crippen molar-refractivity contribution in [3.8, 4) is 0 Å². The molecule has 0 saturated heterocycles. The van der Waals surface area contributed by atoms with E-state index in [2.05, 4.69) is 28.7 Å². The molecule has 0 amide bonds. The Morgan fingerprint density at radius 2 is 2.00 bits per heavy atom. The third-order valence-corrected chi connectivity index (χ3v) is 2.68. The molecule has 2 nitrogen and oxygen atoms in total. The van der Waals surface area contributed by atoms with E-state index in [-0.39, 0.29) is 0 Å². The zero-order valence-electron chi connectivity index (χ0n) is 6.53. The van der Waals surface area contributed by atoms with Gasteiger partial charge in [-0.3, -0.25) is 0 Å². The average molecular weight is 156 g/mol. The van der Waals surface area contributed by atoms with Gasteiger partial charge in [0, 0.05) is 6.20 Å². The van der Waals surface area contributed by atoms with Gasteiger partial charge in [0.05, 0.1) is 5.03 Å². The molecule has 3 heteroatoms. The van der Waals surface area contributed by atoms with Crippen molar-refractivity contribution in [1.82, 2.24) is 9.97 Å². The van der Waals surface area contributed by atoms with Gasteiger partial charge in [0.1, 0.15) is 6.33 Å². The summed E-state index contributed by atoms with van der Waals surface area (Å²) in [5.74, 6) is 0. The molecule has 1 aromatic rings. The fraction of sp³-hybridized carbons (Fsp3) is 0.429. The van der Waals surface area contributed by atoms with Crippen LogP contribution in [0.2, 0.25) is 0 Å². The Morgan fingerprint density at radius 3 is 2.30 bits per heavy atom. The Morgan fingerprint density at radius 1 is 1.30 bits per heavy atom. The molecule has 10 heavy (non-hydrogen) atoms. The van der Waals surface area contributed by atoms with Gasteiger partial charge in [0.25, 0.3) is 0 Å². The van der Waals surface area contributed by atoms with Crippen molar-refractivity contribution in [1.29, 1.82) is 0 Å². The van der Waals surface area contributed by atoms with Crippen LogP contribution in [0.4, 0.5) is 0 Å². The molecular weight excluding hydrogens is 144 g/mol. The lowest BCUT2D eigenvalue weighted by atomic mass is 10.7. The van der Waals surface area contributed by atoms with Crippen LogP contribution >= 0.6 is 10.0 Å². The van der Waals surface area contributed by atoms with Crippen molar-refractivity contribution in [2.24, 2.45) is 0 Å². The Balaban J connectivity index is 2.97. The van der Waals surface area contributed by atoms with Crippen LogP contribution in [0.3, 0.4) is 0 Å². The van der Waals surface area contributed by atoms with Crippen LogP contribution in [0.15, 0.2) is 23.6 Å². The van der Waals surface area contributed by atoms with Crippen molar-refractivity contribution >= 4 is 10.0 Å². The predicted molar refractivity (Wildman–Crippen MR) is 45.7 cm³/mol. The first-order valence-corrected chi connectivity index (χ1v) is 5.91. The second-order valence-electron chi connectivity index (χ2n) is 2.88. The molecule has 0 radical (unpaired) electrons. The van der Waals surface area contributed by atoms with E-state index < -0.39 is 10.0 Å². The molecule has 0 aliphatic rings. The van der Waals surface area contributed by atoms with Gasteiger partial charge in [-0.05, 0) is 24.8 Å². The maximum Gasteiger partial charge on any atom is 0.116 e. The highest BCUT2D eigenvalue weighted by molar-refractivity contribution is 8.32. The van der Waals surface area contributed by atoms with Crippen molar-refractivity contribution in [2.75, 3.05) is 18.8 Å². The Bertz CT molecular complexity index is 203. The summed E-state index contributed by atoms with van der Waals surface area (Å²) in [4.78, 5) is 8.04. The largest absolute Gasteiger partial charge is 0.245 e. The summed E-state index contributed by atoms with van der Waals surface area (Å²) < 4.78 is 0. The van der Waals surface area contributed by atoms with E-state index in [0.29, 0.717) is 0 Å². The Labute approximate surface area is 63.0 Å². The van der Waals surface area contributed by atoms with Crippen molar-refractivity contribution in [2.45, 2.75) is 5.03 Å². The topological polar surface area (TPSA) is 25.8 Å². The van der Waals surface area contributed by atoms with Gasteiger partial charge in [0.2, 0.25) is 0 Å². The molecule has 1 aromatic heterocycles. The van der Waals surface area contributed by atoms with Gasteiger partial charge in [-0.1, -0.05) is 0 Å². The van der Waals surface area contributed by atoms with Crippen molar-refractivity contribution < 1.29 is 0 Å². The van der Waals surface area contributed by atoms with Crippen LogP contribution in [-0.2, 0) is 0 Å². The Hall–Kier alpha value is -0.570. The molecule has 0 atom stereocenters. The molecule has 0 N–H and O–H groups in total. The molecule has 0 bridgehead atoms. The first-order chi connectivity index (χ1) is 4.61. The lowest BCUT2D eigenvalue weighted by Gasteiger charge is -2.23. The highest BCUT2D eigenvalue weighted by Gasteiger charge is 2.07. The van der Waals surface area contributed by atoms with Crippen LogP contribution in [0.1, 0.15) is 0 Å². The third-order valence-electron chi connectivity index (χ3n) is 1.18. The maximum absolute atomic E-state index is 4.18. The van der Waals surface area contributed by atoms with E-state index in [1.54, 1.807) is 12.5 Å². The van der Waals surface area contributed by atoms with Crippen LogP contribution in [-0.4, -0.2) is 28.7 Å². The maximum atomic E-state index is 4.18. The van der Waals surface area contributed by atoms with E-state index in [1.165, 1.54) is 5.03 Å².